The molecule has 0 bridgehead atoms. The van der Waals surface area contributed by atoms with Crippen molar-refractivity contribution in [3.8, 4) is 5.75 Å². The third-order valence-corrected chi connectivity index (χ3v) is 3.80. The van der Waals surface area contributed by atoms with Crippen molar-refractivity contribution in [1.82, 2.24) is 0 Å². The minimum Gasteiger partial charge on any atom is -0.486 e. The maximum absolute atomic E-state index is 12.2. The minimum atomic E-state index is 0.0986. The number of hydrogen-bond donors (Lipinski definition) is 2. The van der Waals surface area contributed by atoms with Crippen LogP contribution in [0, 0.1) is 11.8 Å². The van der Waals surface area contributed by atoms with Crippen LogP contribution in [0.4, 0.5) is 5.69 Å². The molecule has 1 saturated carbocycles. The van der Waals surface area contributed by atoms with Gasteiger partial charge in [-0.3, -0.25) is 4.79 Å². The Hall–Kier alpha value is -1.62. The average molecular weight is 292 g/mol. The molecule has 2 atom stereocenters. The molecule has 0 spiro atoms. The molecule has 20 heavy (non-hydrogen) atoms. The third-order valence-electron chi connectivity index (χ3n) is 3.68. The van der Waals surface area contributed by atoms with Gasteiger partial charge in [-0.2, -0.15) is 0 Å². The quantitative estimate of drug-likeness (QED) is 0.819. The van der Waals surface area contributed by atoms with Crippen LogP contribution in [0.5, 0.6) is 5.75 Å². The van der Waals surface area contributed by atoms with Gasteiger partial charge in [0.1, 0.15) is 17.3 Å². The number of nitrogens with two attached hydrogens (primary N) is 1. The third kappa shape index (κ3) is 3.93. The van der Waals surface area contributed by atoms with Crippen LogP contribution in [0.15, 0.2) is 24.3 Å². The first kappa shape index (κ1) is 14.8. The Morgan fingerprint density at radius 1 is 1.50 bits per heavy atom. The molecule has 2 rings (SSSR count). The Bertz CT molecular complexity index is 504. The molecule has 1 amide bonds. The van der Waals surface area contributed by atoms with Crippen molar-refractivity contribution in [2.45, 2.75) is 26.2 Å². The van der Waals surface area contributed by atoms with Gasteiger partial charge in [-0.05, 0) is 30.9 Å². The number of carbonyl (C=O) groups excluding carboxylic acids is 1. The van der Waals surface area contributed by atoms with E-state index in [9.17, 15) is 4.79 Å². The predicted molar refractivity (Wildman–Crippen MR) is 83.9 cm³/mol. The summed E-state index contributed by atoms with van der Waals surface area (Å²) in [5.74, 6) is 1.33. The number of hydrogen-bond acceptors (Lipinski definition) is 3. The zero-order chi connectivity index (χ0) is 14.5. The van der Waals surface area contributed by atoms with E-state index >= 15 is 0 Å². The summed E-state index contributed by atoms with van der Waals surface area (Å²) in [6.07, 6.45) is 3.25. The van der Waals surface area contributed by atoms with E-state index < -0.39 is 0 Å². The molecule has 0 aliphatic heterocycles. The van der Waals surface area contributed by atoms with Crippen LogP contribution in [0.2, 0.25) is 0 Å². The van der Waals surface area contributed by atoms with Crippen molar-refractivity contribution in [3.05, 3.63) is 24.3 Å². The second-order valence-electron chi connectivity index (χ2n) is 5.29. The summed E-state index contributed by atoms with van der Waals surface area (Å²) in [5, 5.41) is 2.96. The van der Waals surface area contributed by atoms with Crippen molar-refractivity contribution < 1.29 is 9.53 Å². The van der Waals surface area contributed by atoms with Crippen molar-refractivity contribution in [2.75, 3.05) is 11.9 Å². The molecule has 0 saturated heterocycles. The fraction of sp³-hybridized carbons (Fsp3) is 0.467. The highest BCUT2D eigenvalue weighted by molar-refractivity contribution is 7.80. The molecule has 1 fully saturated rings. The van der Waals surface area contributed by atoms with Crippen LogP contribution in [0.3, 0.4) is 0 Å². The van der Waals surface area contributed by atoms with Gasteiger partial charge in [0.05, 0.1) is 0 Å². The van der Waals surface area contributed by atoms with Gasteiger partial charge in [0, 0.05) is 17.7 Å². The summed E-state index contributed by atoms with van der Waals surface area (Å²) in [6.45, 7) is 2.34. The molecule has 2 unspecified atom stereocenters. The fourth-order valence-corrected chi connectivity index (χ4v) is 2.65. The van der Waals surface area contributed by atoms with Crippen LogP contribution in [0.25, 0.3) is 0 Å². The number of anilines is 1. The number of rotatable bonds is 5. The standard InChI is InChI=1S/C15H20N2O2S/c1-10-4-2-7-13(10)15(18)17-11-5-3-6-12(8-11)19-9-14(16)20/h3,5-6,8,10,13H,2,4,7,9H2,1H3,(H2,16,20)(H,17,18). The smallest absolute Gasteiger partial charge is 0.227 e. The minimum absolute atomic E-state index is 0.0986. The Balaban J connectivity index is 1.96. The van der Waals surface area contributed by atoms with Crippen molar-refractivity contribution >= 4 is 28.8 Å². The first-order valence-corrected chi connectivity index (χ1v) is 7.29. The SMILES string of the molecule is CC1CCCC1C(=O)Nc1cccc(OCC(N)=S)c1. The summed E-state index contributed by atoms with van der Waals surface area (Å²) in [4.78, 5) is 12.5. The fourth-order valence-electron chi connectivity index (χ4n) is 2.59. The lowest BCUT2D eigenvalue weighted by atomic mass is 9.97. The lowest BCUT2D eigenvalue weighted by molar-refractivity contribution is -0.120. The Kier molecular flexibility index (Phi) is 4.95. The van der Waals surface area contributed by atoms with Crippen LogP contribution >= 0.6 is 12.2 Å². The van der Waals surface area contributed by atoms with E-state index in [1.807, 2.05) is 18.2 Å². The number of ether oxygens (including phenoxy) is 1. The van der Waals surface area contributed by atoms with Gasteiger partial charge < -0.3 is 15.8 Å². The topological polar surface area (TPSA) is 64.3 Å². The number of benzene rings is 1. The molecule has 1 aromatic carbocycles. The molecule has 0 aromatic heterocycles. The van der Waals surface area contributed by atoms with Gasteiger partial charge in [0.25, 0.3) is 0 Å². The van der Waals surface area contributed by atoms with Crippen molar-refractivity contribution in [2.24, 2.45) is 17.6 Å². The Labute approximate surface area is 124 Å². The first-order chi connectivity index (χ1) is 9.56. The predicted octanol–water partition coefficient (Wildman–Crippen LogP) is 2.73. The second-order valence-corrected chi connectivity index (χ2v) is 5.81. The molecule has 1 aliphatic rings. The largest absolute Gasteiger partial charge is 0.486 e. The Morgan fingerprint density at radius 3 is 2.95 bits per heavy atom. The Morgan fingerprint density at radius 2 is 2.30 bits per heavy atom. The van der Waals surface area contributed by atoms with E-state index in [0.717, 1.165) is 24.9 Å². The van der Waals surface area contributed by atoms with Gasteiger partial charge in [0.15, 0.2) is 0 Å². The van der Waals surface area contributed by atoms with Gasteiger partial charge in [-0.15, -0.1) is 0 Å². The highest BCUT2D eigenvalue weighted by Gasteiger charge is 2.29. The van der Waals surface area contributed by atoms with Crippen LogP contribution in [-0.4, -0.2) is 17.5 Å². The van der Waals surface area contributed by atoms with Gasteiger partial charge >= 0.3 is 0 Å². The lowest BCUT2D eigenvalue weighted by Crippen LogP contribution is -2.24. The maximum Gasteiger partial charge on any atom is 0.227 e. The molecule has 4 nitrogen and oxygen atoms in total. The number of thiocarbonyl (C=S) groups is 1. The van der Waals surface area contributed by atoms with Crippen molar-refractivity contribution in [1.29, 1.82) is 0 Å². The molecular formula is C15H20N2O2S. The zero-order valence-electron chi connectivity index (χ0n) is 11.6. The molecule has 5 heteroatoms. The summed E-state index contributed by atoms with van der Waals surface area (Å²) < 4.78 is 5.42. The average Bonchev–Trinajstić information content (AvgIpc) is 2.83. The molecule has 3 N–H and O–H groups in total. The molecule has 0 radical (unpaired) electrons. The number of carbonyl (C=O) groups is 1. The van der Waals surface area contributed by atoms with E-state index in [1.165, 1.54) is 0 Å². The molecular weight excluding hydrogens is 272 g/mol. The maximum atomic E-state index is 12.2. The van der Waals surface area contributed by atoms with E-state index in [-0.39, 0.29) is 18.4 Å². The lowest BCUT2D eigenvalue weighted by Gasteiger charge is -2.15. The van der Waals surface area contributed by atoms with Gasteiger partial charge in [-0.1, -0.05) is 31.6 Å². The highest BCUT2D eigenvalue weighted by Crippen LogP contribution is 2.32. The van der Waals surface area contributed by atoms with Gasteiger partial charge in [-0.25, -0.2) is 0 Å². The second kappa shape index (κ2) is 6.70. The van der Waals surface area contributed by atoms with Crippen molar-refractivity contribution in [3.63, 3.8) is 0 Å². The summed E-state index contributed by atoms with van der Waals surface area (Å²) in [6, 6.07) is 7.29. The first-order valence-electron chi connectivity index (χ1n) is 6.88. The van der Waals surface area contributed by atoms with E-state index in [1.54, 1.807) is 6.07 Å². The number of nitrogens with one attached hydrogen (secondary N) is 1. The molecule has 0 heterocycles. The van der Waals surface area contributed by atoms with Crippen LogP contribution in [-0.2, 0) is 4.79 Å². The summed E-state index contributed by atoms with van der Waals surface area (Å²) in [5.41, 5.74) is 6.14. The zero-order valence-corrected chi connectivity index (χ0v) is 12.4. The van der Waals surface area contributed by atoms with Crippen LogP contribution in [0.1, 0.15) is 26.2 Å². The van der Waals surface area contributed by atoms with Crippen LogP contribution < -0.4 is 15.8 Å². The van der Waals surface area contributed by atoms with E-state index in [2.05, 4.69) is 12.2 Å². The summed E-state index contributed by atoms with van der Waals surface area (Å²) in [7, 11) is 0. The number of amides is 1. The molecule has 1 aliphatic carbocycles. The van der Waals surface area contributed by atoms with E-state index in [4.69, 9.17) is 22.7 Å². The van der Waals surface area contributed by atoms with E-state index in [0.29, 0.717) is 16.7 Å². The monoisotopic (exact) mass is 292 g/mol. The normalized spacial score (nSPS) is 21.4. The molecule has 1 aromatic rings. The highest BCUT2D eigenvalue weighted by atomic mass is 32.1. The summed E-state index contributed by atoms with van der Waals surface area (Å²) >= 11 is 4.77. The molecule has 108 valence electrons. The van der Waals surface area contributed by atoms with Gasteiger partial charge in [0.2, 0.25) is 5.91 Å².